The number of aliphatic hydroxyl groups is 1. The standard InChI is InChI=1S/C57H88N14O13S/c1-33(2)29-42(49(76)63-34(3)47(74)66-41(56(83)84)16-10-25-62-57(60)61)68-53(80)46-18-12-27-71(46)55(82)40(23-28-85-4)65-52(79)45-17-11-26-70(45)54(81)39(15-8-9-24-58)64-50(77)43(31-35-13-6-5-7-14-35)67-51(78)44(32-72)69-48(75)38(59)30-36-19-21-37(73)22-20-36/h5-7,13-14,19-22,33-34,38-46,72-73H,8-12,15-18,23-32,58-59H2,1-4H3,(H,63,76)(H,64,77)(H,65,79)(H,66,74)(H,67,78)(H,68,80)(H,69,75)(H,83,84)(H4,60,61,62)/t34-,38+,39-,40+,41+,42+,43+,44+,45+,46+/m1/s1. The number of hydrogen-bond donors (Lipinski definition) is 14. The molecule has 2 heterocycles. The highest BCUT2D eigenvalue weighted by Crippen LogP contribution is 2.24. The first-order valence-corrected chi connectivity index (χ1v) is 30.3. The summed E-state index contributed by atoms with van der Waals surface area (Å²) >= 11 is 1.43. The summed E-state index contributed by atoms with van der Waals surface area (Å²) in [5, 5.41) is 48.1. The molecule has 2 aliphatic rings. The molecule has 28 heteroatoms. The van der Waals surface area contributed by atoms with Crippen LogP contribution in [0.5, 0.6) is 5.75 Å². The number of phenols is 1. The van der Waals surface area contributed by atoms with Crippen molar-refractivity contribution in [2.45, 2.75) is 165 Å². The fourth-order valence-corrected chi connectivity index (χ4v) is 10.5. The Kier molecular flexibility index (Phi) is 29.3. The number of nitrogens with two attached hydrogens (primary N) is 4. The molecule has 470 valence electrons. The largest absolute Gasteiger partial charge is 0.508 e. The van der Waals surface area contributed by atoms with Crippen molar-refractivity contribution in [1.82, 2.24) is 47.0 Å². The molecule has 2 aromatic rings. The number of hydrogen-bond acceptors (Lipinski definition) is 16. The number of aliphatic hydroxyl groups excluding tert-OH is 1. The average molecular weight is 1210 g/mol. The number of guanidine groups is 1. The zero-order valence-electron chi connectivity index (χ0n) is 49.0. The molecule has 2 aromatic carbocycles. The Bertz CT molecular complexity index is 2600. The van der Waals surface area contributed by atoms with Crippen LogP contribution in [-0.4, -0.2) is 195 Å². The van der Waals surface area contributed by atoms with E-state index in [0.29, 0.717) is 42.6 Å². The van der Waals surface area contributed by atoms with E-state index in [-0.39, 0.29) is 102 Å². The van der Waals surface area contributed by atoms with Gasteiger partial charge >= 0.3 is 5.97 Å². The smallest absolute Gasteiger partial charge is 0.326 e. The fraction of sp³-hybridized carbons (Fsp3) is 0.596. The van der Waals surface area contributed by atoms with E-state index in [4.69, 9.17) is 22.9 Å². The van der Waals surface area contributed by atoms with Gasteiger partial charge in [0.2, 0.25) is 53.2 Å². The van der Waals surface area contributed by atoms with Crippen LogP contribution in [0.1, 0.15) is 103 Å². The van der Waals surface area contributed by atoms with Crippen LogP contribution in [-0.2, 0) is 60.8 Å². The molecular formula is C57H88N14O13S. The van der Waals surface area contributed by atoms with Gasteiger partial charge in [0.1, 0.15) is 60.1 Å². The number of aromatic hydroxyl groups is 1. The number of rotatable bonds is 35. The minimum absolute atomic E-state index is 0.00497. The Morgan fingerprint density at radius 1 is 0.624 bits per heavy atom. The number of carbonyl (C=O) groups is 10. The highest BCUT2D eigenvalue weighted by atomic mass is 32.2. The first kappa shape index (κ1) is 69.9. The highest BCUT2D eigenvalue weighted by Gasteiger charge is 2.43. The predicted octanol–water partition coefficient (Wildman–Crippen LogP) is -2.04. The molecule has 10 atom stereocenters. The molecular weight excluding hydrogens is 1120 g/mol. The normalized spacial score (nSPS) is 17.6. The Hall–Kier alpha value is -7.56. The summed E-state index contributed by atoms with van der Waals surface area (Å²) in [7, 11) is 0. The average Bonchev–Trinajstić information content (AvgIpc) is 4.35. The van der Waals surface area contributed by atoms with E-state index in [1.54, 1.807) is 42.5 Å². The molecule has 18 N–H and O–H groups in total. The lowest BCUT2D eigenvalue weighted by Crippen LogP contribution is -2.60. The van der Waals surface area contributed by atoms with Crippen LogP contribution in [0, 0.1) is 5.92 Å². The van der Waals surface area contributed by atoms with E-state index >= 15 is 0 Å². The summed E-state index contributed by atoms with van der Waals surface area (Å²) < 4.78 is 0. The number of likely N-dealkylation sites (tertiary alicyclic amines) is 2. The minimum Gasteiger partial charge on any atom is -0.508 e. The van der Waals surface area contributed by atoms with Gasteiger partial charge in [-0.05, 0) is 132 Å². The molecule has 0 bridgehead atoms. The first-order valence-electron chi connectivity index (χ1n) is 28.9. The number of benzene rings is 2. The molecule has 2 fully saturated rings. The monoisotopic (exact) mass is 1210 g/mol. The van der Waals surface area contributed by atoms with Crippen LogP contribution < -0.4 is 60.2 Å². The molecule has 0 unspecified atom stereocenters. The van der Waals surface area contributed by atoms with Gasteiger partial charge in [0.05, 0.1) is 12.6 Å². The molecule has 0 aliphatic carbocycles. The van der Waals surface area contributed by atoms with Gasteiger partial charge in [0.25, 0.3) is 0 Å². The number of thioether (sulfide) groups is 1. The number of amides is 9. The van der Waals surface area contributed by atoms with E-state index in [9.17, 15) is 63.3 Å². The zero-order valence-corrected chi connectivity index (χ0v) is 49.8. The molecule has 0 aromatic heterocycles. The van der Waals surface area contributed by atoms with Gasteiger partial charge in [-0.15, -0.1) is 0 Å². The third-order valence-electron chi connectivity index (χ3n) is 14.6. The number of aliphatic carboxylic acids is 1. The third-order valence-corrected chi connectivity index (χ3v) is 15.2. The van der Waals surface area contributed by atoms with Crippen molar-refractivity contribution in [3.05, 3.63) is 65.7 Å². The summed E-state index contributed by atoms with van der Waals surface area (Å²) in [5.74, 6) is -7.45. The second-order valence-electron chi connectivity index (χ2n) is 21.8. The Balaban J connectivity index is 1.48. The predicted molar refractivity (Wildman–Crippen MR) is 319 cm³/mol. The molecule has 4 rings (SSSR count). The third kappa shape index (κ3) is 22.8. The molecule has 0 radical (unpaired) electrons. The van der Waals surface area contributed by atoms with Crippen molar-refractivity contribution in [1.29, 1.82) is 0 Å². The first-order chi connectivity index (χ1) is 40.5. The Morgan fingerprint density at radius 3 is 1.69 bits per heavy atom. The lowest BCUT2D eigenvalue weighted by atomic mass is 10.0. The maximum absolute atomic E-state index is 14.7. The van der Waals surface area contributed by atoms with Crippen LogP contribution in [0.15, 0.2) is 59.6 Å². The van der Waals surface area contributed by atoms with Crippen LogP contribution in [0.25, 0.3) is 0 Å². The van der Waals surface area contributed by atoms with Crippen molar-refractivity contribution in [3.63, 3.8) is 0 Å². The molecule has 85 heavy (non-hydrogen) atoms. The van der Waals surface area contributed by atoms with Gasteiger partial charge in [0.15, 0.2) is 5.96 Å². The van der Waals surface area contributed by atoms with Crippen LogP contribution in [0.2, 0.25) is 0 Å². The topological polar surface area (TPSA) is 439 Å². The molecule has 0 saturated carbocycles. The summed E-state index contributed by atoms with van der Waals surface area (Å²) in [5.41, 5.74) is 23.9. The van der Waals surface area contributed by atoms with Crippen LogP contribution in [0.3, 0.4) is 0 Å². The number of carboxylic acid groups (broad SMARTS) is 1. The lowest BCUT2D eigenvalue weighted by Gasteiger charge is -2.32. The zero-order chi connectivity index (χ0) is 62.8. The van der Waals surface area contributed by atoms with E-state index in [0.717, 1.165) is 0 Å². The quantitative estimate of drug-likeness (QED) is 0.0201. The lowest BCUT2D eigenvalue weighted by molar-refractivity contribution is -0.145. The Labute approximate surface area is 500 Å². The number of carbonyl (C=O) groups excluding carboxylic acids is 9. The summed E-state index contributed by atoms with van der Waals surface area (Å²) in [6, 6.07) is 2.63. The van der Waals surface area contributed by atoms with Gasteiger partial charge < -0.3 is 85.3 Å². The summed E-state index contributed by atoms with van der Waals surface area (Å²) in [4.78, 5) is 145. The van der Waals surface area contributed by atoms with Crippen molar-refractivity contribution >= 4 is 76.9 Å². The molecule has 9 amide bonds. The number of aliphatic imine (C=N–C) groups is 1. The van der Waals surface area contributed by atoms with E-state index in [1.807, 2.05) is 20.1 Å². The number of nitrogens with one attached hydrogen (secondary N) is 7. The SMILES string of the molecule is CSCC[C@H](NC(=O)[C@@H]1CCCN1C(=O)[C@@H](CCCCN)NC(=O)[C@H](Cc1ccccc1)NC(=O)[C@H](CO)NC(=O)[C@@H](N)Cc1ccc(O)cc1)C(=O)N1CCC[C@H]1C(=O)N[C@@H](CC(C)C)C(=O)N[C@H](C)C(=O)N[C@@H](CCCN=C(N)N)C(=O)O. The van der Waals surface area contributed by atoms with E-state index in [1.165, 1.54) is 40.6 Å². The Morgan fingerprint density at radius 2 is 1.14 bits per heavy atom. The van der Waals surface area contributed by atoms with Crippen LogP contribution >= 0.6 is 11.8 Å². The molecule has 2 aliphatic heterocycles. The maximum atomic E-state index is 14.7. The molecule has 2 saturated heterocycles. The summed E-state index contributed by atoms with van der Waals surface area (Å²) in [6.07, 6.45) is 4.65. The van der Waals surface area contributed by atoms with Crippen LogP contribution in [0.4, 0.5) is 0 Å². The van der Waals surface area contributed by atoms with Crippen molar-refractivity contribution in [3.8, 4) is 5.75 Å². The number of unbranched alkanes of at least 4 members (excludes halogenated alkanes) is 1. The second kappa shape index (κ2) is 35.7. The summed E-state index contributed by atoms with van der Waals surface area (Å²) in [6.45, 7) is 4.90. The minimum atomic E-state index is -1.53. The maximum Gasteiger partial charge on any atom is 0.326 e. The van der Waals surface area contributed by atoms with Gasteiger partial charge in [-0.2, -0.15) is 11.8 Å². The van der Waals surface area contributed by atoms with Crippen molar-refractivity contribution < 1.29 is 63.3 Å². The number of phenolic OH excluding ortho intramolecular Hbond substituents is 1. The van der Waals surface area contributed by atoms with E-state index in [2.05, 4.69) is 42.2 Å². The second-order valence-corrected chi connectivity index (χ2v) is 22.8. The fourth-order valence-electron chi connectivity index (χ4n) is 9.98. The highest BCUT2D eigenvalue weighted by molar-refractivity contribution is 7.98. The molecule has 27 nitrogen and oxygen atoms in total. The number of carboxylic acids is 1. The number of nitrogens with zero attached hydrogens (tertiary/aromatic N) is 3. The van der Waals surface area contributed by atoms with Gasteiger partial charge in [-0.25, -0.2) is 4.79 Å². The van der Waals surface area contributed by atoms with Crippen molar-refractivity contribution in [2.24, 2.45) is 33.8 Å². The van der Waals surface area contributed by atoms with Gasteiger partial charge in [-0.1, -0.05) is 56.3 Å². The van der Waals surface area contributed by atoms with Gasteiger partial charge in [0, 0.05) is 26.1 Å². The van der Waals surface area contributed by atoms with Crippen molar-refractivity contribution in [2.75, 3.05) is 44.8 Å². The van der Waals surface area contributed by atoms with Gasteiger partial charge in [-0.3, -0.25) is 48.1 Å². The molecule has 0 spiro atoms. The van der Waals surface area contributed by atoms with E-state index < -0.39 is 126 Å².